The zero-order valence-electron chi connectivity index (χ0n) is 17.9. The summed E-state index contributed by atoms with van der Waals surface area (Å²) in [7, 11) is 0. The third kappa shape index (κ3) is 5.34. The lowest BCUT2D eigenvalue weighted by Gasteiger charge is -2.35. The first-order valence-electron chi connectivity index (χ1n) is 9.84. The predicted molar refractivity (Wildman–Crippen MR) is 108 cm³/mol. The van der Waals surface area contributed by atoms with Crippen molar-refractivity contribution in [3.63, 3.8) is 0 Å². The highest BCUT2D eigenvalue weighted by atomic mass is 19.1. The summed E-state index contributed by atoms with van der Waals surface area (Å²) < 4.78 is 31.7. The fraction of sp³-hybridized carbons (Fsp3) is 0.524. The van der Waals surface area contributed by atoms with Crippen LogP contribution in [0.15, 0.2) is 24.7 Å². The number of ether oxygens (including phenoxy) is 3. The van der Waals surface area contributed by atoms with Crippen molar-refractivity contribution >= 4 is 6.09 Å². The average molecular weight is 418 g/mol. The second-order valence-electron chi connectivity index (χ2n) is 8.19. The molecule has 1 aliphatic heterocycles. The monoisotopic (exact) mass is 418 g/mol. The maximum Gasteiger partial charge on any atom is 0.410 e. The lowest BCUT2D eigenvalue weighted by atomic mass is 10.1. The molecule has 2 atom stereocenters. The van der Waals surface area contributed by atoms with E-state index in [0.717, 1.165) is 5.69 Å². The molecule has 162 valence electrons. The lowest BCUT2D eigenvalue weighted by molar-refractivity contribution is -0.0117. The molecule has 1 fully saturated rings. The Morgan fingerprint density at radius 1 is 1.20 bits per heavy atom. The molecule has 3 rings (SSSR count). The van der Waals surface area contributed by atoms with Gasteiger partial charge in [-0.1, -0.05) is 0 Å². The van der Waals surface area contributed by atoms with Crippen LogP contribution in [-0.2, 0) is 4.74 Å². The van der Waals surface area contributed by atoms with Gasteiger partial charge in [0.25, 0.3) is 0 Å². The number of likely N-dealkylation sites (tertiary alicyclic amines) is 1. The molecule has 8 nitrogen and oxygen atoms in total. The van der Waals surface area contributed by atoms with E-state index in [-0.39, 0.29) is 12.4 Å². The largest absolute Gasteiger partial charge is 0.471 e. The first-order chi connectivity index (χ1) is 14.1. The van der Waals surface area contributed by atoms with Crippen molar-refractivity contribution < 1.29 is 23.4 Å². The third-order valence-corrected chi connectivity index (χ3v) is 4.55. The summed E-state index contributed by atoms with van der Waals surface area (Å²) in [5, 5.41) is 0. The molecule has 1 aliphatic rings. The normalized spacial score (nSPS) is 19.3. The van der Waals surface area contributed by atoms with E-state index in [1.165, 1.54) is 11.2 Å². The van der Waals surface area contributed by atoms with Crippen molar-refractivity contribution in [1.29, 1.82) is 0 Å². The van der Waals surface area contributed by atoms with Crippen molar-refractivity contribution in [3.8, 4) is 17.5 Å². The average Bonchev–Trinajstić information content (AvgIpc) is 2.66. The zero-order chi connectivity index (χ0) is 21.9. The zero-order valence-corrected chi connectivity index (χ0v) is 17.9. The lowest BCUT2D eigenvalue weighted by Crippen LogP contribution is -2.50. The Bertz CT molecular complexity index is 903. The van der Waals surface area contributed by atoms with Gasteiger partial charge < -0.3 is 19.1 Å². The standard InChI is InChI=1S/C21H27FN4O4/c1-13-18(28-16-7-6-9-23-14(16)2)24-12-25-19(13)29-17-8-10-26(11-15(17)22)20(27)30-21(3,4)5/h6-7,9,12,15,17H,8,10-11H2,1-5H3/t15-,17-/m0/s1. The number of piperidine rings is 1. The van der Waals surface area contributed by atoms with Crippen LogP contribution in [0.5, 0.6) is 17.5 Å². The number of nitrogens with zero attached hydrogens (tertiary/aromatic N) is 4. The highest BCUT2D eigenvalue weighted by Gasteiger charge is 2.35. The van der Waals surface area contributed by atoms with Gasteiger partial charge >= 0.3 is 6.09 Å². The van der Waals surface area contributed by atoms with E-state index in [4.69, 9.17) is 14.2 Å². The van der Waals surface area contributed by atoms with Crippen LogP contribution in [0.4, 0.5) is 9.18 Å². The molecule has 0 unspecified atom stereocenters. The Morgan fingerprint density at radius 2 is 1.93 bits per heavy atom. The van der Waals surface area contributed by atoms with Gasteiger partial charge in [0.05, 0.1) is 17.8 Å². The van der Waals surface area contributed by atoms with Crippen molar-refractivity contribution in [2.24, 2.45) is 0 Å². The van der Waals surface area contributed by atoms with Gasteiger partial charge in [0.1, 0.15) is 18.0 Å². The summed E-state index contributed by atoms with van der Waals surface area (Å²) >= 11 is 0. The van der Waals surface area contributed by atoms with Crippen molar-refractivity contribution in [1.82, 2.24) is 19.9 Å². The first-order valence-corrected chi connectivity index (χ1v) is 9.84. The van der Waals surface area contributed by atoms with Gasteiger partial charge in [0, 0.05) is 19.2 Å². The molecule has 2 aromatic heterocycles. The quantitative estimate of drug-likeness (QED) is 0.741. The summed E-state index contributed by atoms with van der Waals surface area (Å²) in [4.78, 5) is 26.0. The van der Waals surface area contributed by atoms with Crippen LogP contribution >= 0.6 is 0 Å². The van der Waals surface area contributed by atoms with Crippen LogP contribution in [-0.4, -0.2) is 56.9 Å². The van der Waals surface area contributed by atoms with E-state index in [1.54, 1.807) is 46.0 Å². The topological polar surface area (TPSA) is 86.7 Å². The fourth-order valence-electron chi connectivity index (χ4n) is 2.97. The fourth-order valence-corrected chi connectivity index (χ4v) is 2.97. The number of alkyl halides is 1. The molecule has 0 aromatic carbocycles. The molecule has 0 bridgehead atoms. The predicted octanol–water partition coefficient (Wildman–Crippen LogP) is 4.01. The Balaban J connectivity index is 1.66. The molecular formula is C21H27FN4O4. The first kappa shape index (κ1) is 21.7. The molecule has 1 saturated heterocycles. The number of hydrogen-bond donors (Lipinski definition) is 0. The van der Waals surface area contributed by atoms with Gasteiger partial charge in [-0.25, -0.2) is 19.2 Å². The smallest absolute Gasteiger partial charge is 0.410 e. The van der Waals surface area contributed by atoms with Crippen LogP contribution < -0.4 is 9.47 Å². The minimum Gasteiger partial charge on any atom is -0.471 e. The van der Waals surface area contributed by atoms with Gasteiger partial charge in [-0.2, -0.15) is 0 Å². The number of amides is 1. The van der Waals surface area contributed by atoms with Gasteiger partial charge in [-0.3, -0.25) is 4.98 Å². The molecule has 0 N–H and O–H groups in total. The molecule has 0 spiro atoms. The van der Waals surface area contributed by atoms with Crippen LogP contribution in [0.2, 0.25) is 0 Å². The van der Waals surface area contributed by atoms with E-state index in [9.17, 15) is 9.18 Å². The molecule has 30 heavy (non-hydrogen) atoms. The van der Waals surface area contributed by atoms with Crippen molar-refractivity contribution in [2.75, 3.05) is 13.1 Å². The number of aryl methyl sites for hydroxylation is 1. The maximum atomic E-state index is 14.8. The molecule has 0 radical (unpaired) electrons. The van der Waals surface area contributed by atoms with E-state index in [0.29, 0.717) is 30.2 Å². The van der Waals surface area contributed by atoms with Crippen LogP contribution in [0.25, 0.3) is 0 Å². The summed E-state index contributed by atoms with van der Waals surface area (Å²) in [6, 6.07) is 3.55. The van der Waals surface area contributed by atoms with Crippen LogP contribution in [0, 0.1) is 13.8 Å². The van der Waals surface area contributed by atoms with E-state index < -0.39 is 24.0 Å². The SMILES string of the molecule is Cc1ncccc1Oc1ncnc(O[C@H]2CCN(C(=O)OC(C)(C)C)C[C@@H]2F)c1C. The number of hydrogen-bond acceptors (Lipinski definition) is 7. The summed E-state index contributed by atoms with van der Waals surface area (Å²) in [6.07, 6.45) is 0.683. The van der Waals surface area contributed by atoms with Crippen molar-refractivity contribution in [2.45, 2.75) is 58.9 Å². The summed E-state index contributed by atoms with van der Waals surface area (Å²) in [5.41, 5.74) is 0.649. The molecule has 3 heterocycles. The van der Waals surface area contributed by atoms with Gasteiger partial charge in [-0.15, -0.1) is 0 Å². The molecule has 1 amide bonds. The van der Waals surface area contributed by atoms with Crippen LogP contribution in [0.1, 0.15) is 38.4 Å². The minimum atomic E-state index is -1.37. The third-order valence-electron chi connectivity index (χ3n) is 4.55. The molecule has 9 heteroatoms. The van der Waals surface area contributed by atoms with Gasteiger partial charge in [0.15, 0.2) is 11.9 Å². The molecule has 0 aliphatic carbocycles. The van der Waals surface area contributed by atoms with Gasteiger partial charge in [-0.05, 0) is 46.8 Å². The highest BCUT2D eigenvalue weighted by molar-refractivity contribution is 5.68. The second kappa shape index (κ2) is 8.81. The number of aromatic nitrogens is 3. The second-order valence-corrected chi connectivity index (χ2v) is 8.19. The Hall–Kier alpha value is -2.97. The number of rotatable bonds is 4. The van der Waals surface area contributed by atoms with Crippen LogP contribution in [0.3, 0.4) is 0 Å². The Kier molecular flexibility index (Phi) is 6.38. The highest BCUT2D eigenvalue weighted by Crippen LogP contribution is 2.30. The van der Waals surface area contributed by atoms with E-state index in [1.807, 2.05) is 6.92 Å². The maximum absolute atomic E-state index is 14.8. The number of pyridine rings is 1. The van der Waals surface area contributed by atoms with E-state index >= 15 is 0 Å². The molecular weight excluding hydrogens is 391 g/mol. The number of carbonyl (C=O) groups excluding carboxylic acids is 1. The Labute approximate surface area is 175 Å². The summed E-state index contributed by atoms with van der Waals surface area (Å²) in [6.45, 7) is 9.15. The number of halogens is 1. The van der Waals surface area contributed by atoms with Gasteiger partial charge in [0.2, 0.25) is 11.8 Å². The molecule has 0 saturated carbocycles. The molecule has 2 aromatic rings. The van der Waals surface area contributed by atoms with E-state index in [2.05, 4.69) is 15.0 Å². The minimum absolute atomic E-state index is 0.0953. The van der Waals surface area contributed by atoms with Crippen molar-refractivity contribution in [3.05, 3.63) is 35.9 Å². The number of carbonyl (C=O) groups is 1. The Morgan fingerprint density at radius 3 is 2.60 bits per heavy atom. The summed E-state index contributed by atoms with van der Waals surface area (Å²) in [5.74, 6) is 1.14.